The van der Waals surface area contributed by atoms with Crippen LogP contribution in [0.4, 0.5) is 0 Å². The van der Waals surface area contributed by atoms with E-state index in [1.807, 2.05) is 0 Å². The van der Waals surface area contributed by atoms with E-state index in [2.05, 4.69) is 19.2 Å². The van der Waals surface area contributed by atoms with E-state index in [1.165, 1.54) is 38.5 Å². The Bertz CT molecular complexity index is 149. The standard InChI is InChI=1S/C13H28N2/c1-11(2)12(9-14)10-15-13-7-5-3-4-6-8-13/h11-13,15H,3-10,14H2,1-2H3. The molecule has 0 aromatic carbocycles. The fraction of sp³-hybridized carbons (Fsp3) is 1.00. The van der Waals surface area contributed by atoms with E-state index in [4.69, 9.17) is 5.73 Å². The molecule has 0 amide bonds. The third kappa shape index (κ3) is 4.98. The van der Waals surface area contributed by atoms with Crippen LogP contribution < -0.4 is 11.1 Å². The molecular formula is C13H28N2. The first kappa shape index (κ1) is 13.0. The Morgan fingerprint density at radius 1 is 1.13 bits per heavy atom. The lowest BCUT2D eigenvalue weighted by molar-refractivity contribution is 0.338. The Labute approximate surface area is 95.0 Å². The third-order valence-electron chi connectivity index (χ3n) is 3.77. The van der Waals surface area contributed by atoms with Gasteiger partial charge in [0.2, 0.25) is 0 Å². The van der Waals surface area contributed by atoms with Gasteiger partial charge in [-0.1, -0.05) is 39.5 Å². The van der Waals surface area contributed by atoms with Gasteiger partial charge in [0.15, 0.2) is 0 Å². The number of rotatable bonds is 5. The maximum Gasteiger partial charge on any atom is 0.00671 e. The average molecular weight is 212 g/mol. The van der Waals surface area contributed by atoms with E-state index in [0.717, 1.165) is 19.1 Å². The fourth-order valence-corrected chi connectivity index (χ4v) is 2.39. The van der Waals surface area contributed by atoms with Crippen LogP contribution in [0.1, 0.15) is 52.4 Å². The molecule has 1 rings (SSSR count). The summed E-state index contributed by atoms with van der Waals surface area (Å²) in [6.45, 7) is 6.47. The van der Waals surface area contributed by atoms with E-state index in [0.29, 0.717) is 11.8 Å². The van der Waals surface area contributed by atoms with Crippen LogP contribution in [0, 0.1) is 11.8 Å². The smallest absolute Gasteiger partial charge is 0.00671 e. The van der Waals surface area contributed by atoms with Gasteiger partial charge >= 0.3 is 0 Å². The Hall–Kier alpha value is -0.0800. The lowest BCUT2D eigenvalue weighted by atomic mass is 9.95. The molecule has 15 heavy (non-hydrogen) atoms. The van der Waals surface area contributed by atoms with Crippen molar-refractivity contribution in [2.75, 3.05) is 13.1 Å². The van der Waals surface area contributed by atoms with E-state index in [9.17, 15) is 0 Å². The topological polar surface area (TPSA) is 38.0 Å². The van der Waals surface area contributed by atoms with E-state index >= 15 is 0 Å². The molecule has 0 spiro atoms. The van der Waals surface area contributed by atoms with Gasteiger partial charge in [-0.3, -0.25) is 0 Å². The second kappa shape index (κ2) is 7.24. The molecule has 0 aromatic heterocycles. The Balaban J connectivity index is 2.21. The number of hydrogen-bond acceptors (Lipinski definition) is 2. The summed E-state index contributed by atoms with van der Waals surface area (Å²) in [7, 11) is 0. The predicted octanol–water partition coefficient (Wildman–Crippen LogP) is 2.53. The molecule has 2 nitrogen and oxygen atoms in total. The molecule has 3 N–H and O–H groups in total. The number of hydrogen-bond donors (Lipinski definition) is 2. The van der Waals surface area contributed by atoms with Gasteiger partial charge in [0, 0.05) is 6.04 Å². The third-order valence-corrected chi connectivity index (χ3v) is 3.77. The summed E-state index contributed by atoms with van der Waals surface area (Å²) in [5, 5.41) is 3.71. The molecule has 1 atom stereocenters. The van der Waals surface area contributed by atoms with Crippen molar-refractivity contribution in [2.45, 2.75) is 58.4 Å². The van der Waals surface area contributed by atoms with Gasteiger partial charge in [-0.25, -0.2) is 0 Å². The molecule has 0 heterocycles. The predicted molar refractivity (Wildman–Crippen MR) is 66.9 cm³/mol. The molecule has 0 bridgehead atoms. The van der Waals surface area contributed by atoms with Crippen LogP contribution in [-0.2, 0) is 0 Å². The van der Waals surface area contributed by atoms with Gasteiger partial charge < -0.3 is 11.1 Å². The maximum absolute atomic E-state index is 5.78. The second-order valence-electron chi connectivity index (χ2n) is 5.34. The van der Waals surface area contributed by atoms with Crippen molar-refractivity contribution >= 4 is 0 Å². The Kier molecular flexibility index (Phi) is 6.26. The zero-order chi connectivity index (χ0) is 11.1. The van der Waals surface area contributed by atoms with Gasteiger partial charge in [0.25, 0.3) is 0 Å². The molecule has 0 aromatic rings. The highest BCUT2D eigenvalue weighted by atomic mass is 14.9. The van der Waals surface area contributed by atoms with Crippen LogP contribution in [0.25, 0.3) is 0 Å². The minimum Gasteiger partial charge on any atom is -0.330 e. The summed E-state index contributed by atoms with van der Waals surface area (Å²) in [6.07, 6.45) is 8.43. The van der Waals surface area contributed by atoms with Crippen LogP contribution in [0.15, 0.2) is 0 Å². The van der Waals surface area contributed by atoms with Gasteiger partial charge in [0.05, 0.1) is 0 Å². The molecule has 1 unspecified atom stereocenters. The quantitative estimate of drug-likeness (QED) is 0.687. The number of nitrogens with one attached hydrogen (secondary N) is 1. The van der Waals surface area contributed by atoms with Gasteiger partial charge in [0.1, 0.15) is 0 Å². The van der Waals surface area contributed by atoms with Crippen molar-refractivity contribution in [2.24, 2.45) is 17.6 Å². The molecular weight excluding hydrogens is 184 g/mol. The van der Waals surface area contributed by atoms with Crippen LogP contribution in [0.5, 0.6) is 0 Å². The normalized spacial score (nSPS) is 21.6. The van der Waals surface area contributed by atoms with Crippen molar-refractivity contribution in [3.05, 3.63) is 0 Å². The van der Waals surface area contributed by atoms with E-state index in [-0.39, 0.29) is 0 Å². The zero-order valence-electron chi connectivity index (χ0n) is 10.5. The molecule has 0 saturated heterocycles. The summed E-state index contributed by atoms with van der Waals surface area (Å²) in [4.78, 5) is 0. The van der Waals surface area contributed by atoms with Crippen LogP contribution in [-0.4, -0.2) is 19.1 Å². The lowest BCUT2D eigenvalue weighted by Gasteiger charge is -2.23. The highest BCUT2D eigenvalue weighted by molar-refractivity contribution is 4.74. The monoisotopic (exact) mass is 212 g/mol. The summed E-state index contributed by atoms with van der Waals surface area (Å²) in [5.74, 6) is 1.35. The second-order valence-corrected chi connectivity index (χ2v) is 5.34. The van der Waals surface area contributed by atoms with Gasteiger partial charge in [-0.15, -0.1) is 0 Å². The number of nitrogens with two attached hydrogens (primary N) is 1. The van der Waals surface area contributed by atoms with Crippen molar-refractivity contribution in [1.82, 2.24) is 5.32 Å². The molecule has 90 valence electrons. The van der Waals surface area contributed by atoms with Crippen LogP contribution in [0.2, 0.25) is 0 Å². The molecule has 1 fully saturated rings. The van der Waals surface area contributed by atoms with E-state index < -0.39 is 0 Å². The fourth-order valence-electron chi connectivity index (χ4n) is 2.39. The summed E-state index contributed by atoms with van der Waals surface area (Å²) >= 11 is 0. The highest BCUT2D eigenvalue weighted by Crippen LogP contribution is 2.18. The first-order valence-corrected chi connectivity index (χ1v) is 6.67. The Morgan fingerprint density at radius 2 is 1.73 bits per heavy atom. The molecule has 0 radical (unpaired) electrons. The molecule has 0 aliphatic heterocycles. The molecule has 2 heteroatoms. The van der Waals surface area contributed by atoms with Crippen LogP contribution >= 0.6 is 0 Å². The summed E-state index contributed by atoms with van der Waals surface area (Å²) < 4.78 is 0. The average Bonchev–Trinajstić information content (AvgIpc) is 2.46. The largest absolute Gasteiger partial charge is 0.330 e. The van der Waals surface area contributed by atoms with Crippen molar-refractivity contribution in [1.29, 1.82) is 0 Å². The summed E-state index contributed by atoms with van der Waals surface area (Å²) in [6, 6.07) is 0.764. The Morgan fingerprint density at radius 3 is 2.20 bits per heavy atom. The molecule has 1 saturated carbocycles. The van der Waals surface area contributed by atoms with Gasteiger partial charge in [-0.05, 0) is 37.8 Å². The molecule has 1 aliphatic carbocycles. The van der Waals surface area contributed by atoms with Crippen LogP contribution in [0.3, 0.4) is 0 Å². The minimum absolute atomic E-state index is 0.647. The highest BCUT2D eigenvalue weighted by Gasteiger charge is 2.15. The SMILES string of the molecule is CC(C)C(CN)CNC1CCCCCC1. The molecule has 1 aliphatic rings. The zero-order valence-corrected chi connectivity index (χ0v) is 10.5. The minimum atomic E-state index is 0.647. The first-order valence-electron chi connectivity index (χ1n) is 6.67. The first-order chi connectivity index (χ1) is 7.24. The lowest BCUT2D eigenvalue weighted by Crippen LogP contribution is -2.37. The van der Waals surface area contributed by atoms with Crippen molar-refractivity contribution in [3.8, 4) is 0 Å². The van der Waals surface area contributed by atoms with Crippen molar-refractivity contribution in [3.63, 3.8) is 0 Å². The van der Waals surface area contributed by atoms with Crippen molar-refractivity contribution < 1.29 is 0 Å². The van der Waals surface area contributed by atoms with Gasteiger partial charge in [-0.2, -0.15) is 0 Å². The summed E-state index contributed by atoms with van der Waals surface area (Å²) in [5.41, 5.74) is 5.78. The van der Waals surface area contributed by atoms with E-state index in [1.54, 1.807) is 0 Å². The maximum atomic E-state index is 5.78.